The van der Waals surface area contributed by atoms with Gasteiger partial charge in [0, 0.05) is 48.9 Å². The topological polar surface area (TPSA) is 92.1 Å². The Morgan fingerprint density at radius 3 is 2.16 bits per heavy atom. The second-order valence-corrected chi connectivity index (χ2v) is 13.4. The summed E-state index contributed by atoms with van der Waals surface area (Å²) in [7, 11) is 6.32. The highest BCUT2D eigenvalue weighted by atomic mass is 35.5. The number of hydrogen-bond donors (Lipinski definition) is 1. The number of aromatic nitrogens is 2. The Kier molecular flexibility index (Phi) is 9.32. The number of carbonyl (C=O) groups is 2. The smallest absolute Gasteiger partial charge is 0.319 e. The van der Waals surface area contributed by atoms with Gasteiger partial charge in [-0.2, -0.15) is 5.10 Å². The molecule has 0 aliphatic carbocycles. The predicted octanol–water partition coefficient (Wildman–Crippen LogP) is 5.39. The van der Waals surface area contributed by atoms with Crippen LogP contribution in [0.25, 0.3) is 10.9 Å². The number of halogens is 1. The van der Waals surface area contributed by atoms with Gasteiger partial charge in [0.05, 0.1) is 11.2 Å². The minimum absolute atomic E-state index is 0. The summed E-state index contributed by atoms with van der Waals surface area (Å²) in [6, 6.07) is 18.4. The van der Waals surface area contributed by atoms with Crippen LogP contribution in [-0.2, 0) is 16.6 Å². The summed E-state index contributed by atoms with van der Waals surface area (Å²) in [4.78, 5) is 34.5. The average molecular weight is 633 g/mol. The lowest BCUT2D eigenvalue weighted by atomic mass is 9.82. The third kappa shape index (κ3) is 6.27. The summed E-state index contributed by atoms with van der Waals surface area (Å²) >= 11 is 0. The van der Waals surface area contributed by atoms with Crippen molar-refractivity contribution < 1.29 is 14.3 Å². The molecular weight excluding hydrogens is 588 g/mol. The molecule has 10 heteroatoms. The van der Waals surface area contributed by atoms with Crippen molar-refractivity contribution in [1.29, 1.82) is 0 Å². The minimum Gasteiger partial charge on any atom is -0.462 e. The molecule has 7 atom stereocenters. The molecule has 0 saturated carbocycles. The summed E-state index contributed by atoms with van der Waals surface area (Å²) in [5.41, 5.74) is 3.41. The summed E-state index contributed by atoms with van der Waals surface area (Å²) in [5, 5.41) is 8.62. The highest BCUT2D eigenvalue weighted by Gasteiger charge is 2.41. The first kappa shape index (κ1) is 31.7. The highest BCUT2D eigenvalue weighted by Crippen LogP contribution is 2.38. The molecule has 2 aromatic carbocycles. The number of carbonyl (C=O) groups excluding carboxylic acids is 2. The Balaban J connectivity index is 0.000000156. The fourth-order valence-corrected chi connectivity index (χ4v) is 8.36. The van der Waals surface area contributed by atoms with Gasteiger partial charge < -0.3 is 19.9 Å². The van der Waals surface area contributed by atoms with Gasteiger partial charge in [0.25, 0.3) is 5.91 Å². The fraction of sp³-hybridized carbons (Fsp3) is 0.543. The number of benzene rings is 2. The Hall–Kier alpha value is -3.27. The number of piperidine rings is 3. The van der Waals surface area contributed by atoms with Crippen molar-refractivity contribution in [3.8, 4) is 0 Å². The monoisotopic (exact) mass is 632 g/mol. The molecule has 5 aliphatic rings. The number of amides is 1. The maximum atomic E-state index is 12.7. The second-order valence-electron chi connectivity index (χ2n) is 13.4. The van der Waals surface area contributed by atoms with Crippen molar-refractivity contribution in [1.82, 2.24) is 24.9 Å². The third-order valence-electron chi connectivity index (χ3n) is 10.9. The van der Waals surface area contributed by atoms with Crippen LogP contribution < -0.4 is 5.32 Å². The quantitative estimate of drug-likeness (QED) is 0.388. The molecule has 1 N–H and O–H groups in total. The summed E-state index contributed by atoms with van der Waals surface area (Å²) < 4.78 is 7.59. The average Bonchev–Trinajstić information content (AvgIpc) is 3.65. The summed E-state index contributed by atoms with van der Waals surface area (Å²) in [6.45, 7) is 0. The minimum atomic E-state index is -0.321. The van der Waals surface area contributed by atoms with Crippen LogP contribution in [0.15, 0.2) is 53.5 Å². The third-order valence-corrected chi connectivity index (χ3v) is 10.9. The van der Waals surface area contributed by atoms with Crippen LogP contribution in [0, 0.1) is 0 Å². The number of aliphatic imine (C=N–C) groups is 1. The number of aryl methyl sites for hydroxylation is 1. The van der Waals surface area contributed by atoms with Crippen molar-refractivity contribution >= 4 is 47.1 Å². The van der Waals surface area contributed by atoms with E-state index in [1.54, 1.807) is 10.9 Å². The van der Waals surface area contributed by atoms with Crippen LogP contribution in [0.3, 0.4) is 0 Å². The lowest BCUT2D eigenvalue weighted by Gasteiger charge is -2.47. The first-order valence-corrected chi connectivity index (χ1v) is 16.4. The lowest BCUT2D eigenvalue weighted by molar-refractivity contribution is -0.152. The number of hydrogen-bond acceptors (Lipinski definition) is 7. The normalized spacial score (nSPS) is 30.2. The zero-order valence-corrected chi connectivity index (χ0v) is 27.3. The van der Waals surface area contributed by atoms with Gasteiger partial charge in [0.15, 0.2) is 5.69 Å². The second kappa shape index (κ2) is 13.2. The van der Waals surface area contributed by atoms with Gasteiger partial charge in [0.2, 0.25) is 0 Å². The molecule has 5 aliphatic heterocycles. The highest BCUT2D eigenvalue weighted by molar-refractivity contribution is 6.05. The van der Waals surface area contributed by atoms with Crippen LogP contribution in [0.1, 0.15) is 79.8 Å². The number of nitrogens with zero attached hydrogens (tertiary/aromatic N) is 5. The standard InChI is InChI=1S/C18H24N4O.C17H20N2O2.ClH/c1-21-13-6-5-7-14(21)11-12(10-13)19-18(23)17-15-8-3-4-9-16(15)22(2)20-17;1-19-11-6-7-12(19)9-13(8-11)21-17(20)15-10-18-16-5-3-2-4-14(15)16;/h3-4,8-9,12-14H,5-7,10-11H2,1-2H3,(H,19,23);2-5,10-13,15H,6-9H2,1H3;1H/t12?,13-,14+;11-,12+,13?,15?;. The number of nitrogens with one attached hydrogen (secondary N) is 1. The van der Waals surface area contributed by atoms with Crippen LogP contribution in [0.4, 0.5) is 5.69 Å². The molecule has 240 valence electrons. The SMILES string of the molecule is CN1[C@@H]2CCC[C@H]1CC(NC(=O)c1nn(C)c3ccccc13)C2.CN1[C@@H]2CC[C@H]1CC(OC(=O)C1C=Nc3ccccc31)C2.Cl. The number of fused-ring (bicyclic) bond motifs is 6. The van der Waals surface area contributed by atoms with Gasteiger partial charge in [0.1, 0.15) is 12.0 Å². The maximum absolute atomic E-state index is 12.7. The van der Waals surface area contributed by atoms with E-state index < -0.39 is 0 Å². The van der Waals surface area contributed by atoms with E-state index in [4.69, 9.17) is 4.74 Å². The van der Waals surface area contributed by atoms with Crippen LogP contribution >= 0.6 is 12.4 Å². The van der Waals surface area contributed by atoms with Crippen LogP contribution in [0.2, 0.25) is 0 Å². The summed E-state index contributed by atoms with van der Waals surface area (Å²) in [6.07, 6.45) is 12.2. The lowest BCUT2D eigenvalue weighted by Crippen LogP contribution is -2.55. The number of rotatable bonds is 4. The largest absolute Gasteiger partial charge is 0.462 e. The number of ether oxygens (including phenoxy) is 1. The van der Waals surface area contributed by atoms with Crippen molar-refractivity contribution in [2.75, 3.05) is 14.1 Å². The summed E-state index contributed by atoms with van der Waals surface area (Å²) in [5.74, 6) is -0.495. The molecule has 4 fully saturated rings. The molecule has 3 unspecified atom stereocenters. The first-order chi connectivity index (χ1) is 21.4. The molecular formula is C35H45ClN6O3. The number of esters is 1. The van der Waals surface area contributed by atoms with E-state index in [-0.39, 0.29) is 42.3 Å². The zero-order valence-electron chi connectivity index (χ0n) is 26.5. The molecule has 45 heavy (non-hydrogen) atoms. The molecule has 0 radical (unpaired) electrons. The van der Waals surface area contributed by atoms with Gasteiger partial charge in [-0.25, -0.2) is 0 Å². The molecule has 4 bridgehead atoms. The number of para-hydroxylation sites is 2. The Morgan fingerprint density at radius 2 is 1.44 bits per heavy atom. The predicted molar refractivity (Wildman–Crippen MR) is 179 cm³/mol. The van der Waals surface area contributed by atoms with Crippen LogP contribution in [0.5, 0.6) is 0 Å². The van der Waals surface area contributed by atoms with E-state index in [0.717, 1.165) is 47.8 Å². The first-order valence-electron chi connectivity index (χ1n) is 16.4. The van der Waals surface area contributed by atoms with E-state index in [9.17, 15) is 9.59 Å². The Morgan fingerprint density at radius 1 is 0.822 bits per heavy atom. The van der Waals surface area contributed by atoms with Crippen molar-refractivity contribution in [2.45, 2.75) is 100 Å². The molecule has 8 rings (SSSR count). The fourth-order valence-electron chi connectivity index (χ4n) is 8.36. The zero-order chi connectivity index (χ0) is 30.4. The van der Waals surface area contributed by atoms with Crippen molar-refractivity contribution in [2.24, 2.45) is 12.0 Å². The Labute approximate surface area is 271 Å². The molecule has 4 saturated heterocycles. The van der Waals surface area contributed by atoms with Gasteiger partial charge in [-0.05, 0) is 83.2 Å². The molecule has 3 aromatic rings. The van der Waals surface area contributed by atoms with E-state index in [1.807, 2.05) is 55.6 Å². The van der Waals surface area contributed by atoms with Crippen LogP contribution in [-0.4, -0.2) is 88.1 Å². The molecule has 0 spiro atoms. The van der Waals surface area contributed by atoms with Gasteiger partial charge in [-0.3, -0.25) is 19.3 Å². The molecule has 1 amide bonds. The Bertz CT molecular complexity index is 1550. The van der Waals surface area contributed by atoms with E-state index in [0.29, 0.717) is 29.9 Å². The molecule has 1 aromatic heterocycles. The van der Waals surface area contributed by atoms with Crippen molar-refractivity contribution in [3.63, 3.8) is 0 Å². The maximum Gasteiger partial charge on any atom is 0.319 e. The van der Waals surface area contributed by atoms with E-state index in [1.165, 1.54) is 32.1 Å². The van der Waals surface area contributed by atoms with E-state index >= 15 is 0 Å². The van der Waals surface area contributed by atoms with Gasteiger partial charge in [-0.15, -0.1) is 12.4 Å². The van der Waals surface area contributed by atoms with Gasteiger partial charge >= 0.3 is 5.97 Å². The van der Waals surface area contributed by atoms with Crippen molar-refractivity contribution in [3.05, 3.63) is 59.8 Å². The molecule has 6 heterocycles. The molecule has 9 nitrogen and oxygen atoms in total. The van der Waals surface area contributed by atoms with Gasteiger partial charge in [-0.1, -0.05) is 42.8 Å². The van der Waals surface area contributed by atoms with E-state index in [2.05, 4.69) is 39.3 Å².